The number of nitriles is 1. The number of piperidine rings is 1. The summed E-state index contributed by atoms with van der Waals surface area (Å²) in [5, 5.41) is 9.73. The summed E-state index contributed by atoms with van der Waals surface area (Å²) in [6, 6.07) is 1.90. The largest absolute Gasteiger partial charge is 0.469 e. The number of nitrogens with zero attached hydrogens (tertiary/aromatic N) is 2. The number of hydrogen-bond donors (Lipinski definition) is 0. The summed E-state index contributed by atoms with van der Waals surface area (Å²) < 4.78 is 5.01. The lowest BCUT2D eigenvalue weighted by molar-refractivity contribution is -0.149. The van der Waals surface area contributed by atoms with Gasteiger partial charge in [0, 0.05) is 18.0 Å². The summed E-state index contributed by atoms with van der Waals surface area (Å²) in [5.74, 6) is 0.128. The molecule has 4 aliphatic rings. The molecule has 0 aromatic heterocycles. The van der Waals surface area contributed by atoms with E-state index in [1.807, 2.05) is 0 Å². The number of carbonyl (C=O) groups excluding carboxylic acids is 2. The van der Waals surface area contributed by atoms with E-state index in [0.717, 1.165) is 38.5 Å². The van der Waals surface area contributed by atoms with Gasteiger partial charge in [0.25, 0.3) is 0 Å². The molecular formula is C18H22N2O3. The predicted molar refractivity (Wildman–Crippen MR) is 82.0 cm³/mol. The fourth-order valence-corrected chi connectivity index (χ4v) is 6.13. The number of carbonyl (C=O) groups is 2. The first-order valence-corrected chi connectivity index (χ1v) is 8.52. The third-order valence-corrected chi connectivity index (χ3v) is 6.89. The molecule has 2 aliphatic heterocycles. The Balaban J connectivity index is 1.85. The van der Waals surface area contributed by atoms with Crippen molar-refractivity contribution in [1.29, 1.82) is 5.26 Å². The number of hydrogen-bond acceptors (Lipinski definition) is 5. The smallest absolute Gasteiger partial charge is 0.311 e. The second kappa shape index (κ2) is 5.17. The lowest BCUT2D eigenvalue weighted by Crippen LogP contribution is -2.63. The number of aldehydes is 1. The number of methoxy groups -OCH3 is 1. The first-order valence-electron chi connectivity index (χ1n) is 8.52. The SMILES string of the molecule is COC(=O)[C@H]1C2CCC3C4CC=CCC3(C=O)C2N(C4)C1C#N. The molecule has 23 heavy (non-hydrogen) atoms. The lowest BCUT2D eigenvalue weighted by atomic mass is 9.53. The molecule has 0 N–H and O–H groups in total. The molecule has 0 aromatic rings. The van der Waals surface area contributed by atoms with Gasteiger partial charge in [-0.15, -0.1) is 0 Å². The van der Waals surface area contributed by atoms with E-state index in [4.69, 9.17) is 4.74 Å². The lowest BCUT2D eigenvalue weighted by Gasteiger charge is -2.57. The molecule has 5 nitrogen and oxygen atoms in total. The van der Waals surface area contributed by atoms with Crippen LogP contribution >= 0.6 is 0 Å². The van der Waals surface area contributed by atoms with Crippen molar-refractivity contribution in [1.82, 2.24) is 4.90 Å². The summed E-state index contributed by atoms with van der Waals surface area (Å²) in [5.41, 5.74) is -0.434. The van der Waals surface area contributed by atoms with Gasteiger partial charge in [-0.25, -0.2) is 0 Å². The Hall–Kier alpha value is -1.67. The van der Waals surface area contributed by atoms with Crippen LogP contribution in [0.2, 0.25) is 0 Å². The quantitative estimate of drug-likeness (QED) is 0.439. The van der Waals surface area contributed by atoms with Crippen LogP contribution in [0.15, 0.2) is 12.2 Å². The van der Waals surface area contributed by atoms with Crippen molar-refractivity contribution >= 4 is 12.3 Å². The molecule has 7 atom stereocenters. The van der Waals surface area contributed by atoms with E-state index < -0.39 is 17.4 Å². The monoisotopic (exact) mass is 314 g/mol. The highest BCUT2D eigenvalue weighted by molar-refractivity contribution is 5.76. The van der Waals surface area contributed by atoms with Gasteiger partial charge in [-0.2, -0.15) is 5.26 Å². The van der Waals surface area contributed by atoms with Crippen molar-refractivity contribution in [3.63, 3.8) is 0 Å². The minimum atomic E-state index is -0.462. The van der Waals surface area contributed by atoms with Crippen LogP contribution in [0.4, 0.5) is 0 Å². The van der Waals surface area contributed by atoms with Crippen LogP contribution in [0.1, 0.15) is 25.7 Å². The molecule has 4 rings (SSSR count). The Morgan fingerprint density at radius 3 is 2.96 bits per heavy atom. The zero-order valence-corrected chi connectivity index (χ0v) is 13.4. The van der Waals surface area contributed by atoms with Gasteiger partial charge >= 0.3 is 5.97 Å². The average Bonchev–Trinajstić information content (AvgIpc) is 2.86. The van der Waals surface area contributed by atoms with Crippen molar-refractivity contribution in [2.24, 2.45) is 29.1 Å². The van der Waals surface area contributed by atoms with Gasteiger partial charge in [0.1, 0.15) is 12.3 Å². The third-order valence-electron chi connectivity index (χ3n) is 6.89. The van der Waals surface area contributed by atoms with Gasteiger partial charge in [-0.3, -0.25) is 9.69 Å². The van der Waals surface area contributed by atoms with E-state index >= 15 is 0 Å². The second-order valence-electron chi connectivity index (χ2n) is 7.51. The standard InChI is InChI=1S/C18H22N2O3/c1-23-17(22)15-12-5-6-13-11-4-2-3-7-18(13,10-21)16(12)20(9-11)14(15)8-19/h2-3,10-16H,4-7,9H2,1H3/t11?,12?,13?,14?,15-,16?,18?/m0/s1. The fourth-order valence-electron chi connectivity index (χ4n) is 6.13. The maximum Gasteiger partial charge on any atom is 0.311 e. The van der Waals surface area contributed by atoms with Crippen LogP contribution in [-0.2, 0) is 14.3 Å². The molecule has 6 unspecified atom stereocenters. The molecule has 2 aliphatic carbocycles. The average molecular weight is 314 g/mol. The second-order valence-corrected chi connectivity index (χ2v) is 7.51. The van der Waals surface area contributed by atoms with E-state index in [2.05, 4.69) is 23.1 Å². The van der Waals surface area contributed by atoms with Crippen molar-refractivity contribution in [2.45, 2.75) is 37.8 Å². The van der Waals surface area contributed by atoms with E-state index in [9.17, 15) is 14.9 Å². The van der Waals surface area contributed by atoms with Crippen LogP contribution in [0.5, 0.6) is 0 Å². The third kappa shape index (κ3) is 1.76. The Labute approximate surface area is 136 Å². The normalized spacial score (nSPS) is 47.5. The highest BCUT2D eigenvalue weighted by Crippen LogP contribution is 2.61. The summed E-state index contributed by atoms with van der Waals surface area (Å²) >= 11 is 0. The number of rotatable bonds is 2. The van der Waals surface area contributed by atoms with E-state index in [0.29, 0.717) is 11.8 Å². The minimum absolute atomic E-state index is 0.00602. The molecule has 0 spiro atoms. The Morgan fingerprint density at radius 1 is 1.43 bits per heavy atom. The molecule has 3 fully saturated rings. The summed E-state index contributed by atoms with van der Waals surface area (Å²) in [6.07, 6.45) is 9.08. The highest BCUT2D eigenvalue weighted by Gasteiger charge is 2.67. The molecule has 2 heterocycles. The first kappa shape index (κ1) is 14.9. The molecule has 4 bridgehead atoms. The van der Waals surface area contributed by atoms with Gasteiger partial charge in [0.2, 0.25) is 0 Å². The van der Waals surface area contributed by atoms with Crippen LogP contribution in [0.3, 0.4) is 0 Å². The van der Waals surface area contributed by atoms with Crippen molar-refractivity contribution < 1.29 is 14.3 Å². The molecule has 122 valence electrons. The molecule has 0 amide bonds. The zero-order chi connectivity index (χ0) is 16.2. The van der Waals surface area contributed by atoms with Gasteiger partial charge < -0.3 is 9.53 Å². The topological polar surface area (TPSA) is 70.4 Å². The van der Waals surface area contributed by atoms with Crippen LogP contribution in [-0.4, -0.2) is 42.9 Å². The van der Waals surface area contributed by atoms with Crippen molar-refractivity contribution in [2.75, 3.05) is 13.7 Å². The maximum atomic E-state index is 12.4. The van der Waals surface area contributed by atoms with E-state index in [1.54, 1.807) is 0 Å². The van der Waals surface area contributed by atoms with Crippen molar-refractivity contribution in [3.05, 3.63) is 12.2 Å². The maximum absolute atomic E-state index is 12.4. The molecule has 2 saturated heterocycles. The first-order chi connectivity index (χ1) is 11.2. The highest BCUT2D eigenvalue weighted by atomic mass is 16.5. The molecule has 1 saturated carbocycles. The summed E-state index contributed by atoms with van der Waals surface area (Å²) in [7, 11) is 1.39. The molecule has 0 radical (unpaired) electrons. The fraction of sp³-hybridized carbons (Fsp3) is 0.722. The Kier molecular flexibility index (Phi) is 3.35. The summed E-state index contributed by atoms with van der Waals surface area (Å²) in [6.45, 7) is 0.817. The van der Waals surface area contributed by atoms with Gasteiger partial charge in [-0.05, 0) is 43.4 Å². The minimum Gasteiger partial charge on any atom is -0.469 e. The van der Waals surface area contributed by atoms with Crippen LogP contribution in [0.25, 0.3) is 0 Å². The zero-order valence-electron chi connectivity index (χ0n) is 13.4. The van der Waals surface area contributed by atoms with E-state index in [1.165, 1.54) is 7.11 Å². The summed E-state index contributed by atoms with van der Waals surface area (Å²) in [4.78, 5) is 26.8. The Morgan fingerprint density at radius 2 is 2.26 bits per heavy atom. The van der Waals surface area contributed by atoms with Gasteiger partial charge in [0.05, 0.1) is 19.1 Å². The molecular weight excluding hydrogens is 292 g/mol. The number of ether oxygens (including phenoxy) is 1. The van der Waals surface area contributed by atoms with Crippen LogP contribution in [0, 0.1) is 40.4 Å². The van der Waals surface area contributed by atoms with Gasteiger partial charge in [-0.1, -0.05) is 12.2 Å². The Bertz CT molecular complexity index is 610. The van der Waals surface area contributed by atoms with Crippen molar-refractivity contribution in [3.8, 4) is 6.07 Å². The molecule has 5 heteroatoms. The number of allylic oxidation sites excluding steroid dienone is 2. The van der Waals surface area contributed by atoms with E-state index in [-0.39, 0.29) is 17.9 Å². The van der Waals surface area contributed by atoms with Crippen LogP contribution < -0.4 is 0 Å². The van der Waals surface area contributed by atoms with Gasteiger partial charge in [0.15, 0.2) is 0 Å². The predicted octanol–water partition coefficient (Wildman–Crippen LogP) is 1.54. The number of esters is 1. The molecule has 0 aromatic carbocycles.